The number of halogens is 2. The van der Waals surface area contributed by atoms with E-state index in [-0.39, 0.29) is 24.3 Å². The predicted octanol–water partition coefficient (Wildman–Crippen LogP) is 1.51. The molecule has 0 saturated carbocycles. The van der Waals surface area contributed by atoms with Gasteiger partial charge in [0.2, 0.25) is 5.82 Å². The molecule has 0 amide bonds. The molecule has 72 valence electrons. The summed E-state index contributed by atoms with van der Waals surface area (Å²) in [6, 6.07) is 2.73. The van der Waals surface area contributed by atoms with Gasteiger partial charge in [0.1, 0.15) is 0 Å². The number of benzene rings is 1. The van der Waals surface area contributed by atoms with E-state index in [2.05, 4.69) is 4.74 Å². The van der Waals surface area contributed by atoms with Crippen molar-refractivity contribution in [2.45, 2.75) is 6.42 Å². The predicted molar refractivity (Wildman–Crippen MR) is 43.7 cm³/mol. The molecule has 0 aliphatic heterocycles. The van der Waals surface area contributed by atoms with Crippen LogP contribution in [-0.2, 0) is 6.42 Å². The quantitative estimate of drug-likeness (QED) is 0.779. The Bertz CT molecular complexity index is 300. The van der Waals surface area contributed by atoms with Crippen LogP contribution in [0.3, 0.4) is 0 Å². The van der Waals surface area contributed by atoms with E-state index < -0.39 is 11.6 Å². The molecule has 4 heteroatoms. The molecule has 1 aromatic rings. The summed E-state index contributed by atoms with van der Waals surface area (Å²) < 4.78 is 30.7. The first kappa shape index (κ1) is 9.92. The van der Waals surface area contributed by atoms with E-state index >= 15 is 0 Å². The Morgan fingerprint density at radius 1 is 1.31 bits per heavy atom. The maximum absolute atomic E-state index is 13.1. The first-order chi connectivity index (χ1) is 6.20. The molecule has 1 N–H and O–H groups in total. The van der Waals surface area contributed by atoms with Crippen molar-refractivity contribution in [2.24, 2.45) is 0 Å². The van der Waals surface area contributed by atoms with Gasteiger partial charge in [-0.1, -0.05) is 6.07 Å². The van der Waals surface area contributed by atoms with E-state index in [1.54, 1.807) is 0 Å². The van der Waals surface area contributed by atoms with Crippen molar-refractivity contribution in [1.29, 1.82) is 0 Å². The van der Waals surface area contributed by atoms with E-state index in [9.17, 15) is 8.78 Å². The Kier molecular flexibility index (Phi) is 3.19. The van der Waals surface area contributed by atoms with Gasteiger partial charge in [0.05, 0.1) is 7.11 Å². The summed E-state index contributed by atoms with van der Waals surface area (Å²) in [5.41, 5.74) is 0.154. The largest absolute Gasteiger partial charge is 0.494 e. The second kappa shape index (κ2) is 4.18. The fourth-order valence-corrected chi connectivity index (χ4v) is 1.04. The van der Waals surface area contributed by atoms with Crippen LogP contribution in [0.5, 0.6) is 5.75 Å². The van der Waals surface area contributed by atoms with Gasteiger partial charge in [-0.3, -0.25) is 0 Å². The highest BCUT2D eigenvalue weighted by Crippen LogP contribution is 2.22. The molecule has 0 aliphatic carbocycles. The van der Waals surface area contributed by atoms with E-state index in [4.69, 9.17) is 5.11 Å². The van der Waals surface area contributed by atoms with Crippen LogP contribution in [0.4, 0.5) is 8.78 Å². The van der Waals surface area contributed by atoms with Gasteiger partial charge in [0.15, 0.2) is 11.6 Å². The summed E-state index contributed by atoms with van der Waals surface area (Å²) in [6.45, 7) is -0.206. The van der Waals surface area contributed by atoms with Gasteiger partial charge in [-0.05, 0) is 18.1 Å². The summed E-state index contributed by atoms with van der Waals surface area (Å²) in [7, 11) is 1.27. The number of hydrogen-bond acceptors (Lipinski definition) is 2. The SMILES string of the molecule is COc1ccc(CCO)c(F)c1F. The maximum Gasteiger partial charge on any atom is 0.200 e. The van der Waals surface area contributed by atoms with Crippen LogP contribution in [0.25, 0.3) is 0 Å². The summed E-state index contributed by atoms with van der Waals surface area (Å²) in [4.78, 5) is 0. The van der Waals surface area contributed by atoms with Crippen LogP contribution in [0.1, 0.15) is 5.56 Å². The highest BCUT2D eigenvalue weighted by atomic mass is 19.2. The molecular weight excluding hydrogens is 178 g/mol. The molecule has 0 fully saturated rings. The smallest absolute Gasteiger partial charge is 0.200 e. The van der Waals surface area contributed by atoms with E-state index in [1.807, 2.05) is 0 Å². The lowest BCUT2D eigenvalue weighted by Crippen LogP contribution is -2.00. The molecule has 0 atom stereocenters. The monoisotopic (exact) mass is 188 g/mol. The fraction of sp³-hybridized carbons (Fsp3) is 0.333. The summed E-state index contributed by atoms with van der Waals surface area (Å²) in [6.07, 6.45) is 0.104. The lowest BCUT2D eigenvalue weighted by atomic mass is 10.1. The lowest BCUT2D eigenvalue weighted by molar-refractivity contribution is 0.296. The van der Waals surface area contributed by atoms with Crippen LogP contribution in [0.15, 0.2) is 12.1 Å². The minimum atomic E-state index is -1.01. The van der Waals surface area contributed by atoms with Crippen molar-refractivity contribution < 1.29 is 18.6 Å². The van der Waals surface area contributed by atoms with E-state index in [1.165, 1.54) is 19.2 Å². The third kappa shape index (κ3) is 1.95. The molecule has 1 rings (SSSR count). The number of ether oxygens (including phenoxy) is 1. The molecule has 0 aliphatic rings. The normalized spacial score (nSPS) is 10.2. The Balaban J connectivity index is 3.07. The highest BCUT2D eigenvalue weighted by Gasteiger charge is 2.12. The molecule has 13 heavy (non-hydrogen) atoms. The zero-order chi connectivity index (χ0) is 9.84. The molecular formula is C9H10F2O2. The zero-order valence-electron chi connectivity index (χ0n) is 7.18. The highest BCUT2D eigenvalue weighted by molar-refractivity contribution is 5.31. The van der Waals surface area contributed by atoms with Crippen molar-refractivity contribution in [3.63, 3.8) is 0 Å². The van der Waals surface area contributed by atoms with Crippen LogP contribution >= 0.6 is 0 Å². The number of methoxy groups -OCH3 is 1. The van der Waals surface area contributed by atoms with Crippen LogP contribution in [0, 0.1) is 11.6 Å². The Labute approximate surface area is 74.8 Å². The van der Waals surface area contributed by atoms with Gasteiger partial charge < -0.3 is 9.84 Å². The number of aliphatic hydroxyl groups is 1. The summed E-state index contributed by atoms with van der Waals surface area (Å²) >= 11 is 0. The second-order valence-electron chi connectivity index (χ2n) is 2.53. The van der Waals surface area contributed by atoms with Gasteiger partial charge in [0, 0.05) is 6.61 Å². The van der Waals surface area contributed by atoms with Crippen LogP contribution in [0.2, 0.25) is 0 Å². The number of hydrogen-bond donors (Lipinski definition) is 1. The van der Waals surface area contributed by atoms with Crippen molar-refractivity contribution in [3.05, 3.63) is 29.3 Å². The third-order valence-electron chi connectivity index (χ3n) is 1.73. The topological polar surface area (TPSA) is 29.5 Å². The average Bonchev–Trinajstić information content (AvgIpc) is 2.14. The average molecular weight is 188 g/mol. The van der Waals surface area contributed by atoms with Crippen molar-refractivity contribution in [1.82, 2.24) is 0 Å². The Morgan fingerprint density at radius 3 is 2.54 bits per heavy atom. The van der Waals surface area contributed by atoms with Crippen molar-refractivity contribution in [2.75, 3.05) is 13.7 Å². The Hall–Kier alpha value is -1.16. The molecule has 1 aromatic carbocycles. The van der Waals surface area contributed by atoms with Gasteiger partial charge >= 0.3 is 0 Å². The summed E-state index contributed by atoms with van der Waals surface area (Å²) in [5, 5.41) is 8.54. The van der Waals surface area contributed by atoms with Crippen molar-refractivity contribution >= 4 is 0 Å². The van der Waals surface area contributed by atoms with E-state index in [0.29, 0.717) is 0 Å². The fourth-order valence-electron chi connectivity index (χ4n) is 1.04. The van der Waals surface area contributed by atoms with Crippen molar-refractivity contribution in [3.8, 4) is 5.75 Å². The standard InChI is InChI=1S/C9H10F2O2/c1-13-7-3-2-6(4-5-12)8(10)9(7)11/h2-3,12H,4-5H2,1H3. The molecule has 0 unspecified atom stereocenters. The minimum Gasteiger partial charge on any atom is -0.494 e. The molecule has 0 heterocycles. The van der Waals surface area contributed by atoms with Gasteiger partial charge in [-0.25, -0.2) is 4.39 Å². The summed E-state index contributed by atoms with van der Waals surface area (Å²) in [5.74, 6) is -2.08. The van der Waals surface area contributed by atoms with Gasteiger partial charge in [-0.2, -0.15) is 4.39 Å². The van der Waals surface area contributed by atoms with Crippen LogP contribution < -0.4 is 4.74 Å². The molecule has 0 aromatic heterocycles. The molecule has 2 nitrogen and oxygen atoms in total. The third-order valence-corrected chi connectivity index (χ3v) is 1.73. The second-order valence-corrected chi connectivity index (χ2v) is 2.53. The first-order valence-corrected chi connectivity index (χ1v) is 3.82. The van der Waals surface area contributed by atoms with Crippen LogP contribution in [-0.4, -0.2) is 18.8 Å². The van der Waals surface area contributed by atoms with Gasteiger partial charge in [0.25, 0.3) is 0 Å². The molecule has 0 bridgehead atoms. The lowest BCUT2D eigenvalue weighted by Gasteiger charge is -2.05. The zero-order valence-corrected chi connectivity index (χ0v) is 7.18. The first-order valence-electron chi connectivity index (χ1n) is 3.82. The molecule has 0 spiro atoms. The molecule has 0 saturated heterocycles. The number of rotatable bonds is 3. The molecule has 0 radical (unpaired) electrons. The maximum atomic E-state index is 13.1. The van der Waals surface area contributed by atoms with E-state index in [0.717, 1.165) is 0 Å². The number of aliphatic hydroxyl groups excluding tert-OH is 1. The minimum absolute atomic E-state index is 0.104. The van der Waals surface area contributed by atoms with Gasteiger partial charge in [-0.15, -0.1) is 0 Å². The Morgan fingerprint density at radius 2 is 2.00 bits per heavy atom.